The van der Waals surface area contributed by atoms with Crippen molar-refractivity contribution in [2.45, 2.75) is 69.9 Å². The molecule has 0 spiro atoms. The van der Waals surface area contributed by atoms with Gasteiger partial charge in [-0.25, -0.2) is 4.98 Å². The molecule has 1 aromatic heterocycles. The second-order valence-electron chi connectivity index (χ2n) is 10.9. The van der Waals surface area contributed by atoms with Gasteiger partial charge in [0.05, 0.1) is 6.10 Å². The van der Waals surface area contributed by atoms with E-state index in [0.29, 0.717) is 6.04 Å². The Kier molecular flexibility index (Phi) is 4.71. The van der Waals surface area contributed by atoms with Crippen molar-refractivity contribution in [1.82, 2.24) is 9.88 Å². The lowest BCUT2D eigenvalue weighted by Gasteiger charge is -2.42. The molecule has 3 aliphatic rings. The fraction of sp³-hybridized carbons (Fsp3) is 0.577. The van der Waals surface area contributed by atoms with Gasteiger partial charge in [-0.2, -0.15) is 0 Å². The lowest BCUT2D eigenvalue weighted by molar-refractivity contribution is 0.173. The Hall–Kier alpha value is -1.91. The van der Waals surface area contributed by atoms with Gasteiger partial charge < -0.3 is 10.0 Å². The van der Waals surface area contributed by atoms with E-state index in [0.717, 1.165) is 38.4 Å². The van der Waals surface area contributed by atoms with Crippen molar-refractivity contribution in [2.75, 3.05) is 31.1 Å². The molecule has 4 nitrogen and oxygen atoms in total. The van der Waals surface area contributed by atoms with Crippen molar-refractivity contribution in [3.05, 3.63) is 47.7 Å². The van der Waals surface area contributed by atoms with Crippen LogP contribution in [0.3, 0.4) is 0 Å². The molecule has 0 amide bonds. The lowest BCUT2D eigenvalue weighted by atomic mass is 9.63. The van der Waals surface area contributed by atoms with Crippen LogP contribution in [0.4, 0.5) is 5.82 Å². The number of hydrogen-bond acceptors (Lipinski definition) is 4. The van der Waals surface area contributed by atoms with E-state index in [9.17, 15) is 5.11 Å². The summed E-state index contributed by atoms with van der Waals surface area (Å²) in [4.78, 5) is 9.53. The van der Waals surface area contributed by atoms with Crippen LogP contribution >= 0.6 is 0 Å². The van der Waals surface area contributed by atoms with Gasteiger partial charge in [-0.05, 0) is 64.5 Å². The maximum absolute atomic E-state index is 10.0. The van der Waals surface area contributed by atoms with Crippen LogP contribution in [-0.2, 0) is 10.8 Å². The Bertz CT molecular complexity index is 951. The zero-order chi connectivity index (χ0) is 21.1. The number of piperazine rings is 1. The molecule has 2 aromatic rings. The van der Waals surface area contributed by atoms with Crippen LogP contribution in [0, 0.1) is 0 Å². The molecule has 2 aliphatic heterocycles. The number of anilines is 1. The van der Waals surface area contributed by atoms with Crippen LogP contribution in [0.1, 0.15) is 58.1 Å². The van der Waals surface area contributed by atoms with Gasteiger partial charge in [0.2, 0.25) is 0 Å². The van der Waals surface area contributed by atoms with Gasteiger partial charge in [0, 0.05) is 38.4 Å². The second-order valence-corrected chi connectivity index (χ2v) is 10.9. The second kappa shape index (κ2) is 7.06. The minimum Gasteiger partial charge on any atom is -0.392 e. The van der Waals surface area contributed by atoms with E-state index >= 15 is 0 Å². The minimum absolute atomic E-state index is 0.169. The highest BCUT2D eigenvalue weighted by molar-refractivity contribution is 5.69. The van der Waals surface area contributed by atoms with Gasteiger partial charge in [-0.15, -0.1) is 0 Å². The van der Waals surface area contributed by atoms with E-state index in [1.807, 2.05) is 6.20 Å². The average molecular weight is 406 g/mol. The van der Waals surface area contributed by atoms with E-state index in [-0.39, 0.29) is 16.9 Å². The molecule has 0 bridgehead atoms. The van der Waals surface area contributed by atoms with Gasteiger partial charge in [-0.3, -0.25) is 4.90 Å². The van der Waals surface area contributed by atoms with E-state index < -0.39 is 0 Å². The fourth-order valence-electron chi connectivity index (χ4n) is 5.76. The molecule has 3 heterocycles. The summed E-state index contributed by atoms with van der Waals surface area (Å²) in [5.74, 6) is 1.06. The lowest BCUT2D eigenvalue weighted by Crippen LogP contribution is -2.50. The molecule has 30 heavy (non-hydrogen) atoms. The SMILES string of the molecule is CC1(C)CCC(C)(C)c2cc(-c3ccnc(N4CCN5C[C@@H](O)CC5C4)c3)ccc21. The van der Waals surface area contributed by atoms with Gasteiger partial charge in [-0.1, -0.05) is 45.9 Å². The smallest absolute Gasteiger partial charge is 0.129 e. The number of nitrogens with zero attached hydrogens (tertiary/aromatic N) is 3. The monoisotopic (exact) mass is 405 g/mol. The first-order chi connectivity index (χ1) is 14.2. The third-order valence-electron chi connectivity index (χ3n) is 7.85. The molecular weight excluding hydrogens is 370 g/mol. The fourth-order valence-corrected chi connectivity index (χ4v) is 5.76. The molecule has 1 aromatic carbocycles. The van der Waals surface area contributed by atoms with Crippen LogP contribution in [0.15, 0.2) is 36.5 Å². The molecule has 160 valence electrons. The van der Waals surface area contributed by atoms with Crippen LogP contribution in [-0.4, -0.2) is 53.3 Å². The van der Waals surface area contributed by atoms with Gasteiger partial charge in [0.1, 0.15) is 5.82 Å². The van der Waals surface area contributed by atoms with Crippen molar-refractivity contribution in [3.8, 4) is 11.1 Å². The normalized spacial score (nSPS) is 27.6. The van der Waals surface area contributed by atoms with Gasteiger partial charge >= 0.3 is 0 Å². The summed E-state index contributed by atoms with van der Waals surface area (Å²) < 4.78 is 0. The van der Waals surface area contributed by atoms with Crippen LogP contribution < -0.4 is 4.90 Å². The number of fused-ring (bicyclic) bond motifs is 2. The van der Waals surface area contributed by atoms with Crippen molar-refractivity contribution in [2.24, 2.45) is 0 Å². The Labute approximate surface area is 180 Å². The summed E-state index contributed by atoms with van der Waals surface area (Å²) in [5, 5.41) is 10.0. The molecule has 0 saturated carbocycles. The number of aliphatic hydroxyl groups excluding tert-OH is 1. The number of aliphatic hydroxyl groups is 1. The molecule has 0 radical (unpaired) electrons. The van der Waals surface area contributed by atoms with Crippen molar-refractivity contribution in [1.29, 1.82) is 0 Å². The highest BCUT2D eigenvalue weighted by Gasteiger charge is 2.37. The van der Waals surface area contributed by atoms with E-state index in [4.69, 9.17) is 4.98 Å². The first-order valence-electron chi connectivity index (χ1n) is 11.5. The number of rotatable bonds is 2. The quantitative estimate of drug-likeness (QED) is 0.806. The maximum atomic E-state index is 10.0. The Morgan fingerprint density at radius 2 is 1.63 bits per heavy atom. The molecule has 2 atom stereocenters. The highest BCUT2D eigenvalue weighted by Crippen LogP contribution is 2.46. The average Bonchev–Trinajstić information content (AvgIpc) is 3.10. The van der Waals surface area contributed by atoms with Crippen molar-refractivity contribution < 1.29 is 5.11 Å². The predicted octanol–water partition coefficient (Wildman–Crippen LogP) is 4.35. The van der Waals surface area contributed by atoms with Crippen molar-refractivity contribution in [3.63, 3.8) is 0 Å². The van der Waals surface area contributed by atoms with E-state index in [2.05, 4.69) is 67.8 Å². The molecule has 5 rings (SSSR count). The van der Waals surface area contributed by atoms with Gasteiger partial charge in [0.25, 0.3) is 0 Å². The molecular formula is C26H35N3O. The summed E-state index contributed by atoms with van der Waals surface area (Å²) in [6, 6.07) is 11.9. The zero-order valence-corrected chi connectivity index (χ0v) is 18.9. The first kappa shape index (κ1) is 20.0. The third-order valence-corrected chi connectivity index (χ3v) is 7.85. The maximum Gasteiger partial charge on any atom is 0.129 e. The Morgan fingerprint density at radius 1 is 0.900 bits per heavy atom. The Morgan fingerprint density at radius 3 is 2.43 bits per heavy atom. The largest absolute Gasteiger partial charge is 0.392 e. The van der Waals surface area contributed by atoms with E-state index in [1.165, 1.54) is 35.1 Å². The van der Waals surface area contributed by atoms with Crippen molar-refractivity contribution >= 4 is 5.82 Å². The molecule has 1 unspecified atom stereocenters. The summed E-state index contributed by atoms with van der Waals surface area (Å²) in [6.07, 6.45) is 5.14. The molecule has 1 aliphatic carbocycles. The van der Waals surface area contributed by atoms with Gasteiger partial charge in [0.15, 0.2) is 0 Å². The highest BCUT2D eigenvalue weighted by atomic mass is 16.3. The van der Waals surface area contributed by atoms with Crippen LogP contribution in [0.2, 0.25) is 0 Å². The number of benzene rings is 1. The van der Waals surface area contributed by atoms with Crippen LogP contribution in [0.5, 0.6) is 0 Å². The van der Waals surface area contributed by atoms with E-state index in [1.54, 1.807) is 0 Å². The standard InChI is InChI=1S/C26H35N3O/c1-25(2)8-9-26(3,4)23-13-18(5-6-22(23)25)19-7-10-27-24(14-19)29-12-11-28-17-21(30)15-20(28)16-29/h5-7,10,13-14,20-21,30H,8-9,11-12,15-17H2,1-4H3/t20?,21-/m0/s1. The summed E-state index contributed by atoms with van der Waals surface area (Å²) in [7, 11) is 0. The number of pyridine rings is 1. The number of hydrogen-bond donors (Lipinski definition) is 1. The topological polar surface area (TPSA) is 39.6 Å². The predicted molar refractivity (Wildman–Crippen MR) is 123 cm³/mol. The van der Waals surface area contributed by atoms with Crippen LogP contribution in [0.25, 0.3) is 11.1 Å². The third kappa shape index (κ3) is 3.44. The molecule has 2 saturated heterocycles. The zero-order valence-electron chi connectivity index (χ0n) is 18.9. The summed E-state index contributed by atoms with van der Waals surface area (Å²) in [5.41, 5.74) is 6.01. The summed E-state index contributed by atoms with van der Waals surface area (Å²) in [6.45, 7) is 13.3. The first-order valence-corrected chi connectivity index (χ1v) is 11.5. The molecule has 2 fully saturated rings. The number of aromatic nitrogens is 1. The molecule has 1 N–H and O–H groups in total. The Balaban J connectivity index is 1.45. The summed E-state index contributed by atoms with van der Waals surface area (Å²) >= 11 is 0. The molecule has 4 heteroatoms. The minimum atomic E-state index is -0.169.